The fraction of sp³-hybridized carbons (Fsp3) is 0.571. The third kappa shape index (κ3) is 5.35. The van der Waals surface area contributed by atoms with Crippen LogP contribution in [0.15, 0.2) is 30.3 Å². The minimum Gasteiger partial charge on any atom is -0.373 e. The minimum atomic E-state index is -4.39. The summed E-state index contributed by atoms with van der Waals surface area (Å²) in [6.45, 7) is 7.30. The molecule has 0 aromatic heterocycles. The van der Waals surface area contributed by atoms with Crippen LogP contribution in [-0.2, 0) is 15.7 Å². The van der Waals surface area contributed by atoms with E-state index in [4.69, 9.17) is 4.74 Å². The topological polar surface area (TPSA) is 32.8 Å². The van der Waals surface area contributed by atoms with Gasteiger partial charge in [-0.05, 0) is 50.5 Å². The van der Waals surface area contributed by atoms with Crippen molar-refractivity contribution in [3.63, 3.8) is 0 Å². The highest BCUT2D eigenvalue weighted by molar-refractivity contribution is 5.92. The molecule has 2 heterocycles. The summed E-state index contributed by atoms with van der Waals surface area (Å²) in [5, 5.41) is 0. The molecule has 0 aliphatic carbocycles. The standard InChI is InChI=1S/C21H27F3N2O2/c1-15-12-25(13-16(2)28-15)14-19-7-4-10-26(19)20(27)9-8-17-5-3-6-18(11-17)21(22,23)24/h3,5-6,8-9,11,15-16,19H,4,7,10,12-14H2,1-2H3. The van der Waals surface area contributed by atoms with Crippen molar-refractivity contribution in [3.8, 4) is 0 Å². The number of benzene rings is 1. The van der Waals surface area contributed by atoms with Gasteiger partial charge in [0.25, 0.3) is 0 Å². The maximum atomic E-state index is 12.8. The minimum absolute atomic E-state index is 0.135. The van der Waals surface area contributed by atoms with E-state index in [0.717, 1.165) is 44.6 Å². The number of hydrogen-bond donors (Lipinski definition) is 0. The van der Waals surface area contributed by atoms with Gasteiger partial charge in [-0.1, -0.05) is 12.1 Å². The molecule has 0 N–H and O–H groups in total. The summed E-state index contributed by atoms with van der Waals surface area (Å²) in [5.74, 6) is -0.144. The molecule has 3 rings (SSSR count). The normalized spacial score (nSPS) is 26.9. The summed E-state index contributed by atoms with van der Waals surface area (Å²) in [4.78, 5) is 16.8. The first-order valence-corrected chi connectivity index (χ1v) is 9.76. The van der Waals surface area contributed by atoms with Crippen LogP contribution in [-0.4, -0.2) is 60.1 Å². The average molecular weight is 396 g/mol. The molecule has 4 nitrogen and oxygen atoms in total. The van der Waals surface area contributed by atoms with E-state index in [-0.39, 0.29) is 24.2 Å². The van der Waals surface area contributed by atoms with E-state index in [1.165, 1.54) is 18.2 Å². The van der Waals surface area contributed by atoms with Crippen LogP contribution in [0, 0.1) is 0 Å². The van der Waals surface area contributed by atoms with Crippen molar-refractivity contribution in [2.24, 2.45) is 0 Å². The first-order chi connectivity index (χ1) is 13.2. The predicted molar refractivity (Wildman–Crippen MR) is 102 cm³/mol. The fourth-order valence-electron chi connectivity index (χ4n) is 4.13. The van der Waals surface area contributed by atoms with Crippen LogP contribution in [0.2, 0.25) is 0 Å². The Morgan fingerprint density at radius 2 is 1.96 bits per heavy atom. The van der Waals surface area contributed by atoms with Crippen molar-refractivity contribution in [1.29, 1.82) is 0 Å². The Kier molecular flexibility index (Phi) is 6.45. The van der Waals surface area contributed by atoms with Gasteiger partial charge in [0.2, 0.25) is 5.91 Å². The van der Waals surface area contributed by atoms with Crippen LogP contribution in [0.1, 0.15) is 37.8 Å². The van der Waals surface area contributed by atoms with Crippen LogP contribution < -0.4 is 0 Å². The highest BCUT2D eigenvalue weighted by Crippen LogP contribution is 2.30. The first kappa shape index (κ1) is 20.9. The van der Waals surface area contributed by atoms with Crippen molar-refractivity contribution in [1.82, 2.24) is 9.80 Å². The molecule has 0 bridgehead atoms. The molecule has 28 heavy (non-hydrogen) atoms. The molecule has 2 aliphatic heterocycles. The lowest BCUT2D eigenvalue weighted by Crippen LogP contribution is -2.50. The van der Waals surface area contributed by atoms with Crippen LogP contribution in [0.25, 0.3) is 6.08 Å². The summed E-state index contributed by atoms with van der Waals surface area (Å²) in [6, 6.07) is 5.14. The van der Waals surface area contributed by atoms with Gasteiger partial charge in [0, 0.05) is 38.3 Å². The van der Waals surface area contributed by atoms with Crippen molar-refractivity contribution in [3.05, 3.63) is 41.5 Å². The summed E-state index contributed by atoms with van der Waals surface area (Å²) in [5.41, 5.74) is -0.341. The Morgan fingerprint density at radius 1 is 1.25 bits per heavy atom. The lowest BCUT2D eigenvalue weighted by molar-refractivity contribution is -0.137. The molecule has 2 aliphatic rings. The van der Waals surface area contributed by atoms with Gasteiger partial charge in [-0.15, -0.1) is 0 Å². The molecule has 0 radical (unpaired) electrons. The number of halogens is 3. The number of morpholine rings is 1. The Hall–Kier alpha value is -1.86. The second kappa shape index (κ2) is 8.66. The second-order valence-corrected chi connectivity index (χ2v) is 7.76. The van der Waals surface area contributed by atoms with Crippen molar-refractivity contribution in [2.75, 3.05) is 26.2 Å². The zero-order valence-corrected chi connectivity index (χ0v) is 16.3. The molecular formula is C21H27F3N2O2. The number of alkyl halides is 3. The van der Waals surface area contributed by atoms with Crippen molar-refractivity contribution in [2.45, 2.75) is 51.1 Å². The third-order valence-electron chi connectivity index (χ3n) is 5.26. The number of amides is 1. The number of hydrogen-bond acceptors (Lipinski definition) is 3. The smallest absolute Gasteiger partial charge is 0.373 e. The van der Waals surface area contributed by atoms with Crippen LogP contribution in [0.4, 0.5) is 13.2 Å². The van der Waals surface area contributed by atoms with Gasteiger partial charge in [0.15, 0.2) is 0 Å². The predicted octanol–water partition coefficient (Wildman–Crippen LogP) is 3.82. The van der Waals surface area contributed by atoms with Gasteiger partial charge in [-0.2, -0.15) is 13.2 Å². The zero-order valence-electron chi connectivity index (χ0n) is 16.3. The number of ether oxygens (including phenoxy) is 1. The van der Waals surface area contributed by atoms with Gasteiger partial charge in [0.1, 0.15) is 0 Å². The molecule has 1 aromatic carbocycles. The van der Waals surface area contributed by atoms with Crippen LogP contribution >= 0.6 is 0 Å². The molecule has 1 aromatic rings. The highest BCUT2D eigenvalue weighted by atomic mass is 19.4. The molecule has 3 unspecified atom stereocenters. The van der Waals surface area contributed by atoms with Crippen molar-refractivity contribution < 1.29 is 22.7 Å². The van der Waals surface area contributed by atoms with Gasteiger partial charge in [-0.3, -0.25) is 9.69 Å². The zero-order chi connectivity index (χ0) is 20.3. The number of likely N-dealkylation sites (tertiary alicyclic amines) is 1. The lowest BCUT2D eigenvalue weighted by Gasteiger charge is -2.38. The lowest BCUT2D eigenvalue weighted by atomic mass is 10.1. The molecule has 1 amide bonds. The molecule has 3 atom stereocenters. The Balaban J connectivity index is 1.62. The fourth-order valence-corrected chi connectivity index (χ4v) is 4.13. The maximum absolute atomic E-state index is 12.8. The first-order valence-electron chi connectivity index (χ1n) is 9.76. The van der Waals surface area contributed by atoms with E-state index in [1.54, 1.807) is 6.07 Å². The van der Waals surface area contributed by atoms with E-state index in [0.29, 0.717) is 12.1 Å². The van der Waals surface area contributed by atoms with E-state index >= 15 is 0 Å². The van der Waals surface area contributed by atoms with Gasteiger partial charge in [0.05, 0.1) is 17.8 Å². The average Bonchev–Trinajstić information content (AvgIpc) is 3.06. The number of rotatable bonds is 4. The van der Waals surface area contributed by atoms with E-state index in [2.05, 4.69) is 18.7 Å². The summed E-state index contributed by atoms with van der Waals surface area (Å²) < 4.78 is 44.2. The molecule has 2 saturated heterocycles. The number of nitrogens with zero attached hydrogens (tertiary/aromatic N) is 2. The highest BCUT2D eigenvalue weighted by Gasteiger charge is 2.32. The monoisotopic (exact) mass is 396 g/mol. The Bertz CT molecular complexity index is 710. The van der Waals surface area contributed by atoms with E-state index in [1.807, 2.05) is 4.90 Å². The molecular weight excluding hydrogens is 369 g/mol. The molecule has 154 valence electrons. The molecule has 0 spiro atoms. The van der Waals surface area contributed by atoms with Gasteiger partial charge >= 0.3 is 6.18 Å². The SMILES string of the molecule is CC1CN(CC2CCCN2C(=O)C=Cc2cccc(C(F)(F)F)c2)CC(C)O1. The third-order valence-corrected chi connectivity index (χ3v) is 5.26. The number of carbonyl (C=O) groups is 1. The Labute approximate surface area is 163 Å². The van der Waals surface area contributed by atoms with Gasteiger partial charge in [-0.25, -0.2) is 0 Å². The van der Waals surface area contributed by atoms with Crippen LogP contribution in [0.3, 0.4) is 0 Å². The summed E-state index contributed by atoms with van der Waals surface area (Å²) in [7, 11) is 0. The van der Waals surface area contributed by atoms with E-state index in [9.17, 15) is 18.0 Å². The van der Waals surface area contributed by atoms with E-state index < -0.39 is 11.7 Å². The Morgan fingerprint density at radius 3 is 2.64 bits per heavy atom. The summed E-state index contributed by atoms with van der Waals surface area (Å²) in [6.07, 6.45) is 0.710. The molecule has 7 heteroatoms. The van der Waals surface area contributed by atoms with Crippen molar-refractivity contribution >= 4 is 12.0 Å². The van der Waals surface area contributed by atoms with Gasteiger partial charge < -0.3 is 9.64 Å². The molecule has 0 saturated carbocycles. The maximum Gasteiger partial charge on any atom is 0.416 e. The molecule has 2 fully saturated rings. The second-order valence-electron chi connectivity index (χ2n) is 7.76. The quantitative estimate of drug-likeness (QED) is 0.726. The van der Waals surface area contributed by atoms with Crippen LogP contribution in [0.5, 0.6) is 0 Å². The number of carbonyl (C=O) groups excluding carboxylic acids is 1. The largest absolute Gasteiger partial charge is 0.416 e. The summed E-state index contributed by atoms with van der Waals surface area (Å²) >= 11 is 0.